The lowest BCUT2D eigenvalue weighted by Gasteiger charge is -2.16. The number of fused-ring (bicyclic) bond motifs is 2. The molecule has 2 heterocycles. The van der Waals surface area contributed by atoms with Crippen LogP contribution < -0.4 is 10.9 Å². The Hall–Kier alpha value is -3.43. The van der Waals surface area contributed by atoms with Crippen molar-refractivity contribution in [1.29, 1.82) is 0 Å². The van der Waals surface area contributed by atoms with E-state index < -0.39 is 11.2 Å². The van der Waals surface area contributed by atoms with Gasteiger partial charge < -0.3 is 10.1 Å². The minimum Gasteiger partial charge on any atom is -0.462 e. The summed E-state index contributed by atoms with van der Waals surface area (Å²) in [4.78, 5) is 45.7. The zero-order valence-electron chi connectivity index (χ0n) is 21.4. The summed E-state index contributed by atoms with van der Waals surface area (Å²) in [5, 5.41) is 3.89. The SMILES string of the molecule is CCOC(=O)c1c(NC(=O)C(C)Sc2nc3ccccc3c(=O)n2-c2ccccc2)sc2c1CCCCC2. The van der Waals surface area contributed by atoms with Crippen molar-refractivity contribution in [3.05, 3.63) is 81.0 Å². The van der Waals surface area contributed by atoms with Gasteiger partial charge in [0.2, 0.25) is 5.91 Å². The Morgan fingerprint density at radius 2 is 1.82 bits per heavy atom. The largest absolute Gasteiger partial charge is 0.462 e. The van der Waals surface area contributed by atoms with Gasteiger partial charge in [-0.05, 0) is 69.4 Å². The maximum atomic E-state index is 13.5. The highest BCUT2D eigenvalue weighted by Gasteiger charge is 2.28. The maximum absolute atomic E-state index is 13.5. The molecule has 0 saturated carbocycles. The number of esters is 1. The fourth-order valence-electron chi connectivity index (χ4n) is 4.67. The Labute approximate surface area is 229 Å². The zero-order valence-corrected chi connectivity index (χ0v) is 23.0. The lowest BCUT2D eigenvalue weighted by atomic mass is 10.1. The van der Waals surface area contributed by atoms with Crippen LogP contribution in [-0.2, 0) is 22.4 Å². The van der Waals surface area contributed by atoms with Gasteiger partial charge in [0.05, 0.1) is 34.0 Å². The van der Waals surface area contributed by atoms with Gasteiger partial charge in [0, 0.05) is 4.88 Å². The molecule has 196 valence electrons. The molecule has 0 radical (unpaired) electrons. The smallest absolute Gasteiger partial charge is 0.341 e. The molecular formula is C29H29N3O4S2. The van der Waals surface area contributed by atoms with Crippen molar-refractivity contribution in [2.45, 2.75) is 56.4 Å². The molecule has 4 aromatic rings. The fraction of sp³-hybridized carbons (Fsp3) is 0.310. The fourth-order valence-corrected chi connectivity index (χ4v) is 6.88. The summed E-state index contributed by atoms with van der Waals surface area (Å²) in [6.07, 6.45) is 4.92. The quantitative estimate of drug-likeness (QED) is 0.132. The van der Waals surface area contributed by atoms with E-state index >= 15 is 0 Å². The van der Waals surface area contributed by atoms with Crippen molar-refractivity contribution in [3.63, 3.8) is 0 Å². The number of aromatic nitrogens is 2. The van der Waals surface area contributed by atoms with E-state index in [2.05, 4.69) is 5.32 Å². The number of carbonyl (C=O) groups is 2. The number of para-hydroxylation sites is 2. The minimum atomic E-state index is -0.588. The molecule has 1 amide bonds. The van der Waals surface area contributed by atoms with E-state index in [1.54, 1.807) is 30.5 Å². The van der Waals surface area contributed by atoms with Gasteiger partial charge >= 0.3 is 5.97 Å². The third-order valence-electron chi connectivity index (χ3n) is 6.55. The summed E-state index contributed by atoms with van der Waals surface area (Å²) in [5.41, 5.74) is 2.56. The van der Waals surface area contributed by atoms with Gasteiger partial charge in [0.25, 0.3) is 5.56 Å². The number of hydrogen-bond donors (Lipinski definition) is 1. The van der Waals surface area contributed by atoms with Crippen molar-refractivity contribution in [3.8, 4) is 5.69 Å². The van der Waals surface area contributed by atoms with Crippen molar-refractivity contribution in [2.24, 2.45) is 0 Å². The number of anilines is 1. The van der Waals surface area contributed by atoms with Gasteiger partial charge in [-0.25, -0.2) is 9.78 Å². The van der Waals surface area contributed by atoms with Crippen LogP contribution in [0.3, 0.4) is 0 Å². The second-order valence-corrected chi connectivity index (χ2v) is 11.5. The van der Waals surface area contributed by atoms with Crippen LogP contribution in [0, 0.1) is 0 Å². The predicted molar refractivity (Wildman–Crippen MR) is 153 cm³/mol. The highest BCUT2D eigenvalue weighted by molar-refractivity contribution is 8.00. The lowest BCUT2D eigenvalue weighted by Crippen LogP contribution is -2.26. The zero-order chi connectivity index (χ0) is 26.6. The summed E-state index contributed by atoms with van der Waals surface area (Å²) in [7, 11) is 0. The first-order valence-corrected chi connectivity index (χ1v) is 14.5. The van der Waals surface area contributed by atoms with E-state index in [0.29, 0.717) is 32.3 Å². The number of thiophene rings is 1. The molecule has 1 N–H and O–H groups in total. The average molecular weight is 548 g/mol. The van der Waals surface area contributed by atoms with E-state index in [9.17, 15) is 14.4 Å². The highest BCUT2D eigenvalue weighted by atomic mass is 32.2. The van der Waals surface area contributed by atoms with Gasteiger partial charge in [-0.1, -0.05) is 48.5 Å². The van der Waals surface area contributed by atoms with Crippen LogP contribution in [0.5, 0.6) is 0 Å². The topological polar surface area (TPSA) is 90.3 Å². The molecule has 0 aliphatic heterocycles. The number of aryl methyl sites for hydroxylation is 1. The molecule has 0 fully saturated rings. The maximum Gasteiger partial charge on any atom is 0.341 e. The van der Waals surface area contributed by atoms with Gasteiger partial charge in [-0.15, -0.1) is 11.3 Å². The normalized spacial score (nSPS) is 13.9. The van der Waals surface area contributed by atoms with Crippen LogP contribution >= 0.6 is 23.1 Å². The van der Waals surface area contributed by atoms with Gasteiger partial charge in [0.15, 0.2) is 5.16 Å². The molecular weight excluding hydrogens is 518 g/mol. The summed E-state index contributed by atoms with van der Waals surface area (Å²) < 4.78 is 6.90. The second-order valence-electron chi connectivity index (χ2n) is 9.13. The van der Waals surface area contributed by atoms with Crippen LogP contribution in [0.25, 0.3) is 16.6 Å². The molecule has 2 aromatic carbocycles. The van der Waals surface area contributed by atoms with E-state index in [0.717, 1.165) is 42.5 Å². The number of nitrogens with zero attached hydrogens (tertiary/aromatic N) is 2. The van der Waals surface area contributed by atoms with E-state index in [1.165, 1.54) is 23.1 Å². The molecule has 0 saturated heterocycles. The summed E-state index contributed by atoms with van der Waals surface area (Å²) >= 11 is 2.69. The van der Waals surface area contributed by atoms with Crippen LogP contribution in [0.15, 0.2) is 64.5 Å². The number of hydrogen-bond acceptors (Lipinski definition) is 7. The lowest BCUT2D eigenvalue weighted by molar-refractivity contribution is -0.115. The molecule has 1 aliphatic rings. The van der Waals surface area contributed by atoms with Crippen molar-refractivity contribution >= 4 is 50.9 Å². The second kappa shape index (κ2) is 11.5. The Bertz CT molecular complexity index is 1540. The number of amides is 1. The molecule has 7 nitrogen and oxygen atoms in total. The molecule has 0 spiro atoms. The summed E-state index contributed by atoms with van der Waals surface area (Å²) in [5.74, 6) is -0.657. The molecule has 5 rings (SSSR count). The Kier molecular flexibility index (Phi) is 7.95. The summed E-state index contributed by atoms with van der Waals surface area (Å²) in [6, 6.07) is 16.5. The first-order chi connectivity index (χ1) is 18.5. The summed E-state index contributed by atoms with van der Waals surface area (Å²) in [6.45, 7) is 3.83. The molecule has 1 aliphatic carbocycles. The Balaban J connectivity index is 1.47. The van der Waals surface area contributed by atoms with Crippen molar-refractivity contribution < 1.29 is 14.3 Å². The molecule has 2 aromatic heterocycles. The van der Waals surface area contributed by atoms with E-state index in [-0.39, 0.29) is 18.1 Å². The molecule has 1 atom stereocenters. The Morgan fingerprint density at radius 3 is 2.61 bits per heavy atom. The first kappa shape index (κ1) is 26.2. The Morgan fingerprint density at radius 1 is 1.08 bits per heavy atom. The number of nitrogens with one attached hydrogen (secondary N) is 1. The molecule has 1 unspecified atom stereocenters. The molecule has 9 heteroatoms. The number of carbonyl (C=O) groups excluding carboxylic acids is 2. The van der Waals surface area contributed by atoms with Crippen molar-refractivity contribution in [2.75, 3.05) is 11.9 Å². The van der Waals surface area contributed by atoms with Crippen LogP contribution in [-0.4, -0.2) is 33.3 Å². The van der Waals surface area contributed by atoms with Crippen molar-refractivity contribution in [1.82, 2.24) is 9.55 Å². The van der Waals surface area contributed by atoms with Gasteiger partial charge in [-0.3, -0.25) is 14.2 Å². The molecule has 0 bridgehead atoms. The number of rotatable bonds is 7. The number of ether oxygens (including phenoxy) is 1. The monoisotopic (exact) mass is 547 g/mol. The van der Waals surface area contributed by atoms with E-state index in [4.69, 9.17) is 9.72 Å². The third-order valence-corrected chi connectivity index (χ3v) is 8.81. The third kappa shape index (κ3) is 5.26. The minimum absolute atomic E-state index is 0.191. The van der Waals surface area contributed by atoms with Crippen LogP contribution in [0.1, 0.15) is 53.9 Å². The average Bonchev–Trinajstić information content (AvgIpc) is 3.09. The number of benzene rings is 2. The molecule has 38 heavy (non-hydrogen) atoms. The van der Waals surface area contributed by atoms with E-state index in [1.807, 2.05) is 42.5 Å². The predicted octanol–water partition coefficient (Wildman–Crippen LogP) is 6.01. The van der Waals surface area contributed by atoms with Gasteiger partial charge in [-0.2, -0.15) is 0 Å². The standard InChI is InChI=1S/C29H29N3O4S2/c1-3-36-28(35)24-21-15-8-5-9-17-23(21)38-26(24)31-25(33)18(2)37-29-30-22-16-11-10-14-20(22)27(34)32(29)19-12-6-4-7-13-19/h4,6-7,10-14,16,18H,3,5,8-9,15,17H2,1-2H3,(H,31,33). The van der Waals surface area contributed by atoms with Gasteiger partial charge in [0.1, 0.15) is 5.00 Å². The highest BCUT2D eigenvalue weighted by Crippen LogP contribution is 2.38. The van der Waals surface area contributed by atoms with Crippen LogP contribution in [0.4, 0.5) is 5.00 Å². The number of thioether (sulfide) groups is 1. The first-order valence-electron chi connectivity index (χ1n) is 12.8. The van der Waals surface area contributed by atoms with Crippen LogP contribution in [0.2, 0.25) is 0 Å².